The first-order valence-corrected chi connectivity index (χ1v) is 6.91. The molecule has 2 heterocycles. The van der Waals surface area contributed by atoms with Crippen LogP contribution < -0.4 is 0 Å². The van der Waals surface area contributed by atoms with Gasteiger partial charge in [0.1, 0.15) is 12.4 Å². The molecule has 120 valence electrons. The van der Waals surface area contributed by atoms with Gasteiger partial charge in [0.05, 0.1) is 6.54 Å². The minimum atomic E-state index is -0.398. The van der Waals surface area contributed by atoms with Gasteiger partial charge in [0, 0.05) is 30.8 Å². The van der Waals surface area contributed by atoms with Crippen LogP contribution in [0.25, 0.3) is 10.9 Å². The summed E-state index contributed by atoms with van der Waals surface area (Å²) in [6.45, 7) is 0.453. The summed E-state index contributed by atoms with van der Waals surface area (Å²) in [7, 11) is 3.12. The summed E-state index contributed by atoms with van der Waals surface area (Å²) in [5.74, 6) is -0.555. The number of hydrogen-bond acceptors (Lipinski definition) is 5. The molecule has 7 nitrogen and oxygen atoms in total. The number of carbonyl (C=O) groups is 1. The second-order valence-corrected chi connectivity index (χ2v) is 5.12. The van der Waals surface area contributed by atoms with Gasteiger partial charge in [0.15, 0.2) is 0 Å². The Morgan fingerprint density at radius 2 is 2.22 bits per heavy atom. The third-order valence-electron chi connectivity index (χ3n) is 3.31. The van der Waals surface area contributed by atoms with Crippen molar-refractivity contribution in [3.8, 4) is 0 Å². The number of hydrogen-bond donors (Lipinski definition) is 1. The number of rotatable bonds is 5. The number of methoxy groups -OCH3 is 1. The van der Waals surface area contributed by atoms with E-state index in [4.69, 9.17) is 9.15 Å². The highest BCUT2D eigenvalue weighted by Gasteiger charge is 2.20. The zero-order valence-corrected chi connectivity index (χ0v) is 12.7. The van der Waals surface area contributed by atoms with Crippen LogP contribution in [0.3, 0.4) is 0 Å². The van der Waals surface area contributed by atoms with Crippen LogP contribution in [0.1, 0.15) is 22.3 Å². The van der Waals surface area contributed by atoms with E-state index in [0.717, 1.165) is 16.6 Å². The van der Waals surface area contributed by atoms with Crippen LogP contribution in [0.2, 0.25) is 0 Å². The van der Waals surface area contributed by atoms with Crippen LogP contribution in [0.15, 0.2) is 28.7 Å². The fourth-order valence-corrected chi connectivity index (χ4v) is 2.26. The Labute approximate surface area is 131 Å². The number of carbonyl (C=O) groups excluding carboxylic acids is 1. The maximum absolute atomic E-state index is 13.2. The highest BCUT2D eigenvalue weighted by atomic mass is 19.1. The van der Waals surface area contributed by atoms with Crippen molar-refractivity contribution in [1.82, 2.24) is 20.1 Å². The molecular formula is C15H15FN4O3. The fourth-order valence-electron chi connectivity index (χ4n) is 2.26. The third kappa shape index (κ3) is 3.21. The molecule has 1 amide bonds. The van der Waals surface area contributed by atoms with Crippen LogP contribution >= 0.6 is 0 Å². The lowest BCUT2D eigenvalue weighted by atomic mass is 10.2. The fraction of sp³-hybridized carbons (Fsp3) is 0.267. The molecule has 0 saturated heterocycles. The smallest absolute Gasteiger partial charge is 0.311 e. The number of amides is 1. The summed E-state index contributed by atoms with van der Waals surface area (Å²) < 4.78 is 23.3. The van der Waals surface area contributed by atoms with Crippen LogP contribution in [-0.2, 0) is 17.9 Å². The molecule has 0 aliphatic carbocycles. The van der Waals surface area contributed by atoms with Gasteiger partial charge in [0.25, 0.3) is 0 Å². The van der Waals surface area contributed by atoms with Crippen molar-refractivity contribution >= 4 is 16.8 Å². The van der Waals surface area contributed by atoms with E-state index in [9.17, 15) is 9.18 Å². The molecule has 0 radical (unpaired) electrons. The average molecular weight is 318 g/mol. The molecule has 0 aliphatic rings. The van der Waals surface area contributed by atoms with Crippen molar-refractivity contribution in [1.29, 1.82) is 0 Å². The van der Waals surface area contributed by atoms with Crippen LogP contribution in [0.5, 0.6) is 0 Å². The summed E-state index contributed by atoms with van der Waals surface area (Å²) in [5, 5.41) is 8.18. The molecule has 0 spiro atoms. The van der Waals surface area contributed by atoms with Crippen molar-refractivity contribution in [2.75, 3.05) is 14.2 Å². The minimum absolute atomic E-state index is 0.0956. The Kier molecular flexibility index (Phi) is 4.07. The third-order valence-corrected chi connectivity index (χ3v) is 3.31. The summed E-state index contributed by atoms with van der Waals surface area (Å²) in [6.07, 6.45) is 0. The second-order valence-electron chi connectivity index (χ2n) is 5.12. The number of nitrogens with one attached hydrogen (secondary N) is 1. The van der Waals surface area contributed by atoms with Gasteiger partial charge >= 0.3 is 11.8 Å². The zero-order valence-electron chi connectivity index (χ0n) is 12.7. The van der Waals surface area contributed by atoms with Gasteiger partial charge in [-0.2, -0.15) is 0 Å². The number of nitrogens with zero attached hydrogens (tertiary/aromatic N) is 3. The Morgan fingerprint density at radius 1 is 1.39 bits per heavy atom. The normalized spacial score (nSPS) is 11.1. The molecule has 0 fully saturated rings. The zero-order chi connectivity index (χ0) is 16.4. The van der Waals surface area contributed by atoms with Gasteiger partial charge in [-0.1, -0.05) is 0 Å². The molecule has 1 N–H and O–H groups in total. The van der Waals surface area contributed by atoms with Gasteiger partial charge in [-0.3, -0.25) is 4.79 Å². The Bertz CT molecular complexity index is 842. The van der Waals surface area contributed by atoms with E-state index in [2.05, 4.69) is 15.2 Å². The summed E-state index contributed by atoms with van der Waals surface area (Å²) >= 11 is 0. The molecular weight excluding hydrogens is 303 g/mol. The Hall–Kier alpha value is -2.74. The standard InChI is InChI=1S/C15H15FN4O3/c1-20(15(21)14-19-18-13(23-14)8-22-2)7-11-6-9-5-10(16)3-4-12(9)17-11/h3-6,17H,7-8H2,1-2H3. The van der Waals surface area contributed by atoms with Gasteiger partial charge in [-0.25, -0.2) is 4.39 Å². The van der Waals surface area contributed by atoms with E-state index in [0.29, 0.717) is 6.54 Å². The Morgan fingerprint density at radius 3 is 3.00 bits per heavy atom. The number of ether oxygens (including phenoxy) is 1. The number of H-pyrrole nitrogens is 1. The predicted octanol–water partition coefficient (Wildman–Crippen LogP) is 2.11. The van der Waals surface area contributed by atoms with Gasteiger partial charge in [0.2, 0.25) is 5.89 Å². The van der Waals surface area contributed by atoms with Crippen molar-refractivity contribution in [3.63, 3.8) is 0 Å². The molecule has 0 aliphatic heterocycles. The lowest BCUT2D eigenvalue weighted by Gasteiger charge is -2.13. The molecule has 23 heavy (non-hydrogen) atoms. The monoisotopic (exact) mass is 318 g/mol. The van der Waals surface area contributed by atoms with E-state index in [-0.39, 0.29) is 24.2 Å². The molecule has 3 aromatic rings. The number of fused-ring (bicyclic) bond motifs is 1. The van der Waals surface area contributed by atoms with Gasteiger partial charge in [-0.05, 0) is 24.3 Å². The first-order valence-electron chi connectivity index (χ1n) is 6.91. The summed E-state index contributed by atoms with van der Waals surface area (Å²) in [5.41, 5.74) is 1.58. The maximum Gasteiger partial charge on any atom is 0.311 e. The maximum atomic E-state index is 13.2. The average Bonchev–Trinajstić information content (AvgIpc) is 3.12. The van der Waals surface area contributed by atoms with Crippen molar-refractivity contribution in [2.24, 2.45) is 0 Å². The minimum Gasteiger partial charge on any atom is -0.414 e. The molecule has 0 bridgehead atoms. The van der Waals surface area contributed by atoms with E-state index in [1.165, 1.54) is 24.1 Å². The number of aromatic nitrogens is 3. The van der Waals surface area contributed by atoms with Crippen molar-refractivity contribution in [2.45, 2.75) is 13.2 Å². The first kappa shape index (κ1) is 15.2. The number of benzene rings is 1. The predicted molar refractivity (Wildman–Crippen MR) is 79.1 cm³/mol. The molecule has 2 aromatic heterocycles. The summed E-state index contributed by atoms with van der Waals surface area (Å²) in [4.78, 5) is 16.8. The van der Waals surface area contributed by atoms with E-state index < -0.39 is 5.91 Å². The van der Waals surface area contributed by atoms with Crippen LogP contribution in [-0.4, -0.2) is 40.1 Å². The molecule has 8 heteroatoms. The largest absolute Gasteiger partial charge is 0.414 e. The summed E-state index contributed by atoms with van der Waals surface area (Å²) in [6, 6.07) is 6.27. The lowest BCUT2D eigenvalue weighted by molar-refractivity contribution is 0.0736. The number of halogens is 1. The van der Waals surface area contributed by atoms with Crippen molar-refractivity contribution < 1.29 is 18.3 Å². The second kappa shape index (κ2) is 6.17. The highest BCUT2D eigenvalue weighted by molar-refractivity contribution is 5.89. The SMILES string of the molecule is COCc1nnc(C(=O)N(C)Cc2cc3cc(F)ccc3[nH]2)o1. The molecule has 0 unspecified atom stereocenters. The molecule has 3 rings (SSSR count). The number of aromatic amines is 1. The lowest BCUT2D eigenvalue weighted by Crippen LogP contribution is -2.26. The van der Waals surface area contributed by atoms with E-state index >= 15 is 0 Å². The molecule has 0 saturated carbocycles. The van der Waals surface area contributed by atoms with Gasteiger partial charge in [-0.15, -0.1) is 10.2 Å². The van der Waals surface area contributed by atoms with E-state index in [1.807, 2.05) is 0 Å². The quantitative estimate of drug-likeness (QED) is 0.779. The molecule has 1 aromatic carbocycles. The van der Waals surface area contributed by atoms with Crippen molar-refractivity contribution in [3.05, 3.63) is 47.6 Å². The first-order chi connectivity index (χ1) is 11.1. The van der Waals surface area contributed by atoms with Crippen LogP contribution in [0, 0.1) is 5.82 Å². The van der Waals surface area contributed by atoms with E-state index in [1.54, 1.807) is 19.2 Å². The Balaban J connectivity index is 1.73. The van der Waals surface area contributed by atoms with Gasteiger partial charge < -0.3 is 19.0 Å². The molecule has 0 atom stereocenters. The topological polar surface area (TPSA) is 84.3 Å². The van der Waals surface area contributed by atoms with Crippen LogP contribution in [0.4, 0.5) is 4.39 Å². The highest BCUT2D eigenvalue weighted by Crippen LogP contribution is 2.18.